The number of nitrogen functional groups attached to an aromatic ring is 2. The Hall–Kier alpha value is -3.36. The van der Waals surface area contributed by atoms with Crippen molar-refractivity contribution in [2.24, 2.45) is 0 Å². The first-order valence-corrected chi connectivity index (χ1v) is 9.74. The van der Waals surface area contributed by atoms with E-state index in [1.165, 1.54) is 4.57 Å². The maximum absolute atomic E-state index is 13.4. The minimum Gasteiger partial charge on any atom is -0.382 e. The van der Waals surface area contributed by atoms with Crippen LogP contribution < -0.4 is 22.3 Å². The lowest BCUT2D eigenvalue weighted by Crippen LogP contribution is -2.27. The third kappa shape index (κ3) is 3.51. The summed E-state index contributed by atoms with van der Waals surface area (Å²) in [5, 5.41) is 3.93. The molecule has 1 unspecified atom stereocenters. The molecule has 4 aromatic rings. The van der Waals surface area contributed by atoms with Crippen LogP contribution in [0.2, 0.25) is 10.0 Å². The molecule has 0 fully saturated rings. The van der Waals surface area contributed by atoms with Crippen LogP contribution in [0.3, 0.4) is 0 Å². The summed E-state index contributed by atoms with van der Waals surface area (Å²) in [7, 11) is 0. The smallest absolute Gasteiger partial charge is 0.267 e. The second-order valence-electron chi connectivity index (χ2n) is 6.58. The molecule has 0 amide bonds. The second-order valence-corrected chi connectivity index (χ2v) is 7.36. The van der Waals surface area contributed by atoms with Gasteiger partial charge in [0.25, 0.3) is 5.56 Å². The van der Waals surface area contributed by atoms with Gasteiger partial charge in [0.1, 0.15) is 16.7 Å². The molecule has 10 heteroatoms. The Kier molecular flexibility index (Phi) is 5.19. The van der Waals surface area contributed by atoms with Gasteiger partial charge in [0.05, 0.1) is 27.7 Å². The van der Waals surface area contributed by atoms with E-state index in [0.29, 0.717) is 27.4 Å². The highest BCUT2D eigenvalue weighted by molar-refractivity contribution is 6.35. The molecule has 152 valence electrons. The monoisotopic (exact) mass is 441 g/mol. The summed E-state index contributed by atoms with van der Waals surface area (Å²) in [6.45, 7) is 1.82. The summed E-state index contributed by atoms with van der Waals surface area (Å²) < 4.78 is 1.51. The van der Waals surface area contributed by atoms with Crippen molar-refractivity contribution in [1.82, 2.24) is 19.5 Å². The average molecular weight is 442 g/mol. The third-order valence-corrected chi connectivity index (χ3v) is 5.21. The molecule has 0 aliphatic heterocycles. The van der Waals surface area contributed by atoms with E-state index in [1.54, 1.807) is 18.2 Å². The Bertz CT molecular complexity index is 1310. The Morgan fingerprint density at radius 1 is 1.00 bits per heavy atom. The van der Waals surface area contributed by atoms with Gasteiger partial charge in [-0.25, -0.2) is 4.98 Å². The zero-order valence-corrected chi connectivity index (χ0v) is 17.3. The summed E-state index contributed by atoms with van der Waals surface area (Å²) >= 11 is 12.5. The Morgan fingerprint density at radius 2 is 1.73 bits per heavy atom. The van der Waals surface area contributed by atoms with Crippen molar-refractivity contribution < 1.29 is 0 Å². The zero-order chi connectivity index (χ0) is 21.4. The molecule has 1 atom stereocenters. The molecule has 5 N–H and O–H groups in total. The molecule has 0 bridgehead atoms. The van der Waals surface area contributed by atoms with E-state index < -0.39 is 6.04 Å². The molecule has 0 aliphatic carbocycles. The fraction of sp³-hybridized carbons (Fsp3) is 0.100. The van der Waals surface area contributed by atoms with Crippen molar-refractivity contribution in [3.63, 3.8) is 0 Å². The van der Waals surface area contributed by atoms with E-state index in [9.17, 15) is 4.79 Å². The van der Waals surface area contributed by atoms with Crippen molar-refractivity contribution in [1.29, 1.82) is 0 Å². The normalized spacial score (nSPS) is 12.1. The minimum atomic E-state index is -0.493. The molecule has 0 saturated heterocycles. The Balaban J connectivity index is 1.93. The predicted molar refractivity (Wildman–Crippen MR) is 120 cm³/mol. The van der Waals surface area contributed by atoms with Crippen LogP contribution in [0.4, 0.5) is 17.6 Å². The van der Waals surface area contributed by atoms with Gasteiger partial charge in [0.2, 0.25) is 5.95 Å². The van der Waals surface area contributed by atoms with E-state index >= 15 is 0 Å². The number of benzene rings is 2. The van der Waals surface area contributed by atoms with Crippen LogP contribution in [-0.2, 0) is 0 Å². The van der Waals surface area contributed by atoms with Gasteiger partial charge in [-0.15, -0.1) is 0 Å². The standard InChI is InChI=1S/C20H17Cl2N7O/c1-10(25-17-15(22)16(23)27-20(24)28-17)18-26-13-9-5-8-12(21)14(13)19(30)29(18)11-6-3-2-4-7-11/h2-10H,1H3,(H5,23,24,25,27,28). The molecule has 2 heterocycles. The summed E-state index contributed by atoms with van der Waals surface area (Å²) in [5.41, 5.74) is 12.3. The average Bonchev–Trinajstić information content (AvgIpc) is 2.72. The molecule has 30 heavy (non-hydrogen) atoms. The number of rotatable bonds is 4. The van der Waals surface area contributed by atoms with Crippen molar-refractivity contribution in [3.8, 4) is 5.69 Å². The highest BCUT2D eigenvalue weighted by atomic mass is 35.5. The number of nitrogens with zero attached hydrogens (tertiary/aromatic N) is 4. The lowest BCUT2D eigenvalue weighted by molar-refractivity contribution is 0.731. The van der Waals surface area contributed by atoms with Crippen LogP contribution in [0.15, 0.2) is 53.3 Å². The lowest BCUT2D eigenvalue weighted by Gasteiger charge is -2.21. The van der Waals surface area contributed by atoms with Crippen molar-refractivity contribution in [3.05, 3.63) is 74.8 Å². The topological polar surface area (TPSA) is 125 Å². The van der Waals surface area contributed by atoms with E-state index in [4.69, 9.17) is 39.7 Å². The second kappa shape index (κ2) is 7.81. The van der Waals surface area contributed by atoms with Gasteiger partial charge in [0.15, 0.2) is 5.82 Å². The number of aromatic nitrogens is 4. The molecule has 8 nitrogen and oxygen atoms in total. The summed E-state index contributed by atoms with van der Waals surface area (Å²) in [5.74, 6) is 0.713. The fourth-order valence-corrected chi connectivity index (χ4v) is 3.56. The summed E-state index contributed by atoms with van der Waals surface area (Å²) in [4.78, 5) is 26.1. The van der Waals surface area contributed by atoms with Crippen molar-refractivity contribution >= 4 is 51.7 Å². The molecule has 0 spiro atoms. The van der Waals surface area contributed by atoms with Gasteiger partial charge in [-0.2, -0.15) is 9.97 Å². The lowest BCUT2D eigenvalue weighted by atomic mass is 10.2. The molecule has 4 rings (SSSR count). The first kappa shape index (κ1) is 19.9. The molecule has 0 radical (unpaired) electrons. The van der Waals surface area contributed by atoms with E-state index in [1.807, 2.05) is 37.3 Å². The van der Waals surface area contributed by atoms with E-state index in [2.05, 4.69) is 15.3 Å². The molecule has 0 saturated carbocycles. The van der Waals surface area contributed by atoms with Crippen LogP contribution in [0.1, 0.15) is 18.8 Å². The van der Waals surface area contributed by atoms with Gasteiger partial charge in [0, 0.05) is 0 Å². The summed E-state index contributed by atoms with van der Waals surface area (Å²) in [6, 6.07) is 13.8. The largest absolute Gasteiger partial charge is 0.382 e. The Labute approximate surface area is 181 Å². The maximum atomic E-state index is 13.4. The fourth-order valence-electron chi connectivity index (χ4n) is 3.17. The van der Waals surface area contributed by atoms with Crippen LogP contribution in [0.5, 0.6) is 0 Å². The molecular weight excluding hydrogens is 425 g/mol. The first-order chi connectivity index (χ1) is 14.4. The maximum Gasteiger partial charge on any atom is 0.267 e. The van der Waals surface area contributed by atoms with Gasteiger partial charge < -0.3 is 16.8 Å². The van der Waals surface area contributed by atoms with Crippen LogP contribution >= 0.6 is 23.2 Å². The number of nitrogens with two attached hydrogens (primary N) is 2. The molecule has 0 aliphatic rings. The molecule has 2 aromatic carbocycles. The SMILES string of the molecule is CC(Nc1nc(N)nc(N)c1Cl)c1nc2cccc(Cl)c2c(=O)n1-c1ccccc1. The highest BCUT2D eigenvalue weighted by Crippen LogP contribution is 2.29. The number of para-hydroxylation sites is 1. The van der Waals surface area contributed by atoms with E-state index in [-0.39, 0.29) is 28.2 Å². The number of hydrogen-bond donors (Lipinski definition) is 3. The molecular formula is C20H17Cl2N7O. The number of fused-ring (bicyclic) bond motifs is 1. The van der Waals surface area contributed by atoms with E-state index in [0.717, 1.165) is 0 Å². The van der Waals surface area contributed by atoms with Gasteiger partial charge in [-0.3, -0.25) is 9.36 Å². The first-order valence-electron chi connectivity index (χ1n) is 8.98. The van der Waals surface area contributed by atoms with Crippen LogP contribution in [0.25, 0.3) is 16.6 Å². The number of nitrogens with one attached hydrogen (secondary N) is 1. The number of hydrogen-bond acceptors (Lipinski definition) is 7. The predicted octanol–water partition coefficient (Wildman–Crippen LogP) is 3.82. The molecule has 2 aromatic heterocycles. The van der Waals surface area contributed by atoms with Gasteiger partial charge in [-0.1, -0.05) is 47.5 Å². The zero-order valence-electron chi connectivity index (χ0n) is 15.8. The van der Waals surface area contributed by atoms with Gasteiger partial charge >= 0.3 is 0 Å². The quantitative estimate of drug-likeness (QED) is 0.439. The van der Waals surface area contributed by atoms with Crippen molar-refractivity contribution in [2.45, 2.75) is 13.0 Å². The van der Waals surface area contributed by atoms with Crippen molar-refractivity contribution in [2.75, 3.05) is 16.8 Å². The minimum absolute atomic E-state index is 0.0229. The highest BCUT2D eigenvalue weighted by Gasteiger charge is 2.21. The number of halogens is 2. The number of anilines is 3. The van der Waals surface area contributed by atoms with Crippen LogP contribution in [-0.4, -0.2) is 19.5 Å². The van der Waals surface area contributed by atoms with Crippen LogP contribution in [0, 0.1) is 0 Å². The summed E-state index contributed by atoms with van der Waals surface area (Å²) in [6.07, 6.45) is 0. The Morgan fingerprint density at radius 3 is 2.47 bits per heavy atom. The third-order valence-electron chi connectivity index (χ3n) is 4.52. The van der Waals surface area contributed by atoms with Gasteiger partial charge in [-0.05, 0) is 31.2 Å².